The highest BCUT2D eigenvalue weighted by Gasteiger charge is 2.16. The maximum atomic E-state index is 13.0. The van der Waals surface area contributed by atoms with Crippen LogP contribution in [0, 0.1) is 6.92 Å². The summed E-state index contributed by atoms with van der Waals surface area (Å²) in [5, 5.41) is 2.95. The molecule has 6 nitrogen and oxygen atoms in total. The molecular weight excluding hydrogens is 412 g/mol. The van der Waals surface area contributed by atoms with E-state index >= 15 is 0 Å². The maximum Gasteiger partial charge on any atom is 0.255 e. The fourth-order valence-electron chi connectivity index (χ4n) is 4.32. The number of anilines is 1. The first kappa shape index (κ1) is 24.5. The van der Waals surface area contributed by atoms with Crippen LogP contribution in [0.15, 0.2) is 42.5 Å². The van der Waals surface area contributed by atoms with Gasteiger partial charge in [-0.25, -0.2) is 4.98 Å². The number of aryl methyl sites for hydroxylation is 1. The molecule has 2 aromatic carbocycles. The molecule has 0 fully saturated rings. The lowest BCUT2D eigenvalue weighted by Crippen LogP contribution is -2.30. The third-order valence-electron chi connectivity index (χ3n) is 6.23. The molecule has 6 heteroatoms. The first-order valence-corrected chi connectivity index (χ1v) is 12.1. The van der Waals surface area contributed by atoms with Crippen molar-refractivity contribution >= 4 is 28.5 Å². The van der Waals surface area contributed by atoms with Crippen LogP contribution < -0.4 is 5.32 Å². The summed E-state index contributed by atoms with van der Waals surface area (Å²) in [4.78, 5) is 31.9. The zero-order valence-electron chi connectivity index (χ0n) is 20.5. The number of imidazole rings is 1. The number of carbonyl (C=O) groups is 2. The lowest BCUT2D eigenvalue weighted by Gasteiger charge is -2.18. The van der Waals surface area contributed by atoms with Gasteiger partial charge in [-0.2, -0.15) is 0 Å². The highest BCUT2D eigenvalue weighted by Crippen LogP contribution is 2.26. The van der Waals surface area contributed by atoms with Gasteiger partial charge >= 0.3 is 0 Å². The molecule has 0 aliphatic rings. The molecule has 0 spiro atoms. The highest BCUT2D eigenvalue weighted by atomic mass is 16.2. The summed E-state index contributed by atoms with van der Waals surface area (Å²) >= 11 is 0. The SMILES string of the molecule is CCCCCC(C)n1c(C)nc2ccc(C(=O)Nc3ccc(C(=O)N(CC)CC)cc3)cc21. The van der Waals surface area contributed by atoms with Gasteiger partial charge in [0.15, 0.2) is 0 Å². The molecule has 0 bridgehead atoms. The topological polar surface area (TPSA) is 67.2 Å². The monoisotopic (exact) mass is 448 g/mol. The Hall–Kier alpha value is -3.15. The summed E-state index contributed by atoms with van der Waals surface area (Å²) < 4.78 is 2.25. The van der Waals surface area contributed by atoms with Crippen molar-refractivity contribution in [3.05, 3.63) is 59.4 Å². The summed E-state index contributed by atoms with van der Waals surface area (Å²) in [6.07, 6.45) is 4.70. The lowest BCUT2D eigenvalue weighted by atomic mass is 10.1. The molecule has 33 heavy (non-hydrogen) atoms. The van der Waals surface area contributed by atoms with Crippen LogP contribution in [0.5, 0.6) is 0 Å². The van der Waals surface area contributed by atoms with Crippen molar-refractivity contribution in [3.8, 4) is 0 Å². The van der Waals surface area contributed by atoms with Crippen LogP contribution in [0.4, 0.5) is 5.69 Å². The number of nitrogens with one attached hydrogen (secondary N) is 1. The third kappa shape index (κ3) is 5.62. The zero-order chi connectivity index (χ0) is 24.0. The fraction of sp³-hybridized carbons (Fsp3) is 0.444. The summed E-state index contributed by atoms with van der Waals surface area (Å²) in [7, 11) is 0. The van der Waals surface area contributed by atoms with Gasteiger partial charge in [-0.05, 0) is 76.6 Å². The van der Waals surface area contributed by atoms with Gasteiger partial charge in [0.25, 0.3) is 11.8 Å². The van der Waals surface area contributed by atoms with E-state index in [0.29, 0.717) is 35.9 Å². The Bertz CT molecular complexity index is 1100. The molecule has 176 valence electrons. The van der Waals surface area contributed by atoms with Crippen LogP contribution in [0.2, 0.25) is 0 Å². The van der Waals surface area contributed by atoms with E-state index in [9.17, 15) is 9.59 Å². The van der Waals surface area contributed by atoms with Crippen molar-refractivity contribution in [1.82, 2.24) is 14.5 Å². The minimum Gasteiger partial charge on any atom is -0.339 e. The molecule has 1 unspecified atom stereocenters. The van der Waals surface area contributed by atoms with Crippen LogP contribution in [-0.2, 0) is 0 Å². The van der Waals surface area contributed by atoms with Gasteiger partial charge < -0.3 is 14.8 Å². The molecule has 0 aliphatic heterocycles. The van der Waals surface area contributed by atoms with Crippen LogP contribution in [0.1, 0.15) is 86.0 Å². The van der Waals surface area contributed by atoms with Crippen molar-refractivity contribution < 1.29 is 9.59 Å². The fourth-order valence-corrected chi connectivity index (χ4v) is 4.32. The van der Waals surface area contributed by atoms with Gasteiger partial charge in [0, 0.05) is 35.9 Å². The van der Waals surface area contributed by atoms with Crippen LogP contribution in [-0.4, -0.2) is 39.4 Å². The van der Waals surface area contributed by atoms with E-state index in [2.05, 4.69) is 23.7 Å². The predicted molar refractivity (Wildman–Crippen MR) is 135 cm³/mol. The minimum absolute atomic E-state index is 0.0000152. The summed E-state index contributed by atoms with van der Waals surface area (Å²) in [6.45, 7) is 11.7. The average molecular weight is 449 g/mol. The number of hydrogen-bond acceptors (Lipinski definition) is 3. The number of aromatic nitrogens is 2. The second-order valence-electron chi connectivity index (χ2n) is 8.59. The maximum absolute atomic E-state index is 13.0. The number of rotatable bonds is 10. The molecular formula is C27H36N4O2. The molecule has 3 rings (SSSR count). The second kappa shape index (κ2) is 11.1. The van der Waals surface area contributed by atoms with Crippen LogP contribution in [0.25, 0.3) is 11.0 Å². The number of benzene rings is 2. The molecule has 0 saturated carbocycles. The molecule has 1 atom stereocenters. The van der Waals surface area contributed by atoms with Crippen LogP contribution in [0.3, 0.4) is 0 Å². The van der Waals surface area contributed by atoms with Gasteiger partial charge in [0.2, 0.25) is 0 Å². The summed E-state index contributed by atoms with van der Waals surface area (Å²) in [5.41, 5.74) is 3.77. The Balaban J connectivity index is 1.77. The molecule has 3 aromatic rings. The lowest BCUT2D eigenvalue weighted by molar-refractivity contribution is 0.0773. The van der Waals surface area contributed by atoms with E-state index in [1.165, 1.54) is 19.3 Å². The highest BCUT2D eigenvalue weighted by molar-refractivity contribution is 6.06. The normalized spacial score (nSPS) is 12.0. The Labute approximate surface area is 197 Å². The predicted octanol–water partition coefficient (Wildman–Crippen LogP) is 6.22. The Kier molecular flexibility index (Phi) is 8.26. The number of nitrogens with zero attached hydrogens (tertiary/aromatic N) is 3. The van der Waals surface area contributed by atoms with Gasteiger partial charge in [-0.1, -0.05) is 26.2 Å². The van der Waals surface area contributed by atoms with E-state index in [-0.39, 0.29) is 11.8 Å². The molecule has 2 amide bonds. The van der Waals surface area contributed by atoms with Gasteiger partial charge in [0.05, 0.1) is 11.0 Å². The standard InChI is InChI=1S/C27H36N4O2/c1-6-9-10-11-19(4)31-20(5)28-24-17-14-22(18-25(24)31)26(32)29-23-15-12-21(13-16-23)27(33)30(7-2)8-3/h12-19H,6-11H2,1-5H3,(H,29,32). The quantitative estimate of drug-likeness (QED) is 0.374. The van der Waals surface area contributed by atoms with Gasteiger partial charge in [-0.3, -0.25) is 9.59 Å². The summed E-state index contributed by atoms with van der Waals surface area (Å²) in [5.74, 6) is 0.795. The Morgan fingerprint density at radius 1 is 1.00 bits per heavy atom. The third-order valence-corrected chi connectivity index (χ3v) is 6.23. The number of amides is 2. The Morgan fingerprint density at radius 3 is 2.30 bits per heavy atom. The molecule has 1 heterocycles. The van der Waals surface area contributed by atoms with Gasteiger partial charge in [-0.15, -0.1) is 0 Å². The molecule has 0 aliphatic carbocycles. The first-order chi connectivity index (χ1) is 15.9. The molecule has 1 aromatic heterocycles. The van der Waals surface area contributed by atoms with E-state index in [1.54, 1.807) is 29.2 Å². The van der Waals surface area contributed by atoms with Crippen molar-refractivity contribution in [3.63, 3.8) is 0 Å². The van der Waals surface area contributed by atoms with E-state index in [0.717, 1.165) is 23.3 Å². The van der Waals surface area contributed by atoms with Crippen LogP contribution >= 0.6 is 0 Å². The van der Waals surface area contributed by atoms with Gasteiger partial charge in [0.1, 0.15) is 5.82 Å². The van der Waals surface area contributed by atoms with Crippen molar-refractivity contribution in [2.24, 2.45) is 0 Å². The summed E-state index contributed by atoms with van der Waals surface area (Å²) in [6, 6.07) is 13.1. The Morgan fingerprint density at radius 2 is 1.67 bits per heavy atom. The smallest absolute Gasteiger partial charge is 0.255 e. The minimum atomic E-state index is -0.177. The van der Waals surface area contributed by atoms with Crippen molar-refractivity contribution in [2.75, 3.05) is 18.4 Å². The van der Waals surface area contributed by atoms with E-state index in [1.807, 2.05) is 39.0 Å². The second-order valence-corrected chi connectivity index (χ2v) is 8.59. The number of unbranched alkanes of at least 4 members (excludes halogenated alkanes) is 2. The number of fused-ring (bicyclic) bond motifs is 1. The zero-order valence-corrected chi connectivity index (χ0v) is 20.5. The van der Waals surface area contributed by atoms with Crippen molar-refractivity contribution in [2.45, 2.75) is 66.3 Å². The molecule has 1 N–H and O–H groups in total. The van der Waals surface area contributed by atoms with Crippen molar-refractivity contribution in [1.29, 1.82) is 0 Å². The van der Waals surface area contributed by atoms with E-state index in [4.69, 9.17) is 4.98 Å². The number of hydrogen-bond donors (Lipinski definition) is 1. The first-order valence-electron chi connectivity index (χ1n) is 12.1. The average Bonchev–Trinajstić information content (AvgIpc) is 3.15. The number of carbonyl (C=O) groups excluding carboxylic acids is 2. The molecule has 0 saturated heterocycles. The molecule has 0 radical (unpaired) electrons. The largest absolute Gasteiger partial charge is 0.339 e. The van der Waals surface area contributed by atoms with E-state index < -0.39 is 0 Å².